The zero-order valence-electron chi connectivity index (χ0n) is 18.4. The Hall–Kier alpha value is -2.66. The van der Waals surface area contributed by atoms with Gasteiger partial charge in [0.05, 0.1) is 12.7 Å². The lowest BCUT2D eigenvalue weighted by molar-refractivity contribution is -0.119. The average Bonchev–Trinajstić information content (AvgIpc) is 2.77. The molecule has 0 aliphatic heterocycles. The molecule has 1 heterocycles. The van der Waals surface area contributed by atoms with Crippen LogP contribution in [0.3, 0.4) is 0 Å². The number of amides is 2. The largest absolute Gasteiger partial charge is 0.368 e. The number of primary amides is 1. The summed E-state index contributed by atoms with van der Waals surface area (Å²) in [4.78, 5) is 27.4. The van der Waals surface area contributed by atoms with Gasteiger partial charge in [-0.15, -0.1) is 12.8 Å². The third-order valence-electron chi connectivity index (χ3n) is 3.66. The summed E-state index contributed by atoms with van der Waals surface area (Å²) in [5.74, 6) is 1.17. The van der Waals surface area contributed by atoms with E-state index in [0.29, 0.717) is 12.5 Å². The highest BCUT2D eigenvalue weighted by atomic mass is 16.2. The first-order chi connectivity index (χ1) is 14.0. The van der Waals surface area contributed by atoms with Crippen molar-refractivity contribution in [1.29, 1.82) is 0 Å². The van der Waals surface area contributed by atoms with Gasteiger partial charge in [-0.1, -0.05) is 40.0 Å². The van der Waals surface area contributed by atoms with E-state index in [1.165, 1.54) is 32.1 Å². The maximum Gasteiger partial charge on any atom is 0.236 e. The molecule has 0 radical (unpaired) electrons. The van der Waals surface area contributed by atoms with Gasteiger partial charge in [-0.05, 0) is 32.2 Å². The van der Waals surface area contributed by atoms with Crippen molar-refractivity contribution in [1.82, 2.24) is 15.3 Å². The van der Waals surface area contributed by atoms with Crippen molar-refractivity contribution in [3.8, 4) is 12.8 Å². The summed E-state index contributed by atoms with van der Waals surface area (Å²) in [6, 6.07) is 0.516. The quantitative estimate of drug-likeness (QED) is 0.421. The zero-order valence-corrected chi connectivity index (χ0v) is 18.4. The molecule has 8 heteroatoms. The maximum absolute atomic E-state index is 9.76. The minimum absolute atomic E-state index is 0.0799. The van der Waals surface area contributed by atoms with E-state index in [4.69, 9.17) is 5.73 Å². The number of terminal acetylenes is 1. The first-order valence-electron chi connectivity index (χ1n) is 10.1. The maximum atomic E-state index is 9.76. The number of nitrogens with one attached hydrogen (secondary N) is 2. The molecule has 2 amide bonds. The number of anilines is 1. The van der Waals surface area contributed by atoms with Crippen LogP contribution < -0.4 is 22.1 Å². The Kier molecular flexibility index (Phi) is 27.1. The lowest BCUT2D eigenvalue weighted by Gasteiger charge is -2.28. The van der Waals surface area contributed by atoms with Crippen molar-refractivity contribution < 1.29 is 9.59 Å². The smallest absolute Gasteiger partial charge is 0.236 e. The number of hydrogen-bond acceptors (Lipinski definition) is 6. The summed E-state index contributed by atoms with van der Waals surface area (Å²) in [6.07, 6.45) is 20.5. The SMILES string of the molecule is C#C.CC.CC(Nc1cnccn1)C1CCCCC1.CCN.NC(=O)CNC=O. The van der Waals surface area contributed by atoms with Gasteiger partial charge in [0.1, 0.15) is 5.82 Å². The normalized spacial score (nSPS) is 12.9. The second-order valence-electron chi connectivity index (χ2n) is 5.80. The van der Waals surface area contributed by atoms with Gasteiger partial charge >= 0.3 is 0 Å². The number of nitrogens with two attached hydrogens (primary N) is 2. The molecule has 1 atom stereocenters. The number of carbonyl (C=O) groups is 2. The van der Waals surface area contributed by atoms with Gasteiger partial charge in [0, 0.05) is 18.4 Å². The Balaban J connectivity index is -0.000000407. The molecule has 0 spiro atoms. The average molecular weight is 409 g/mol. The van der Waals surface area contributed by atoms with Crippen molar-refractivity contribution in [3.63, 3.8) is 0 Å². The van der Waals surface area contributed by atoms with Crippen LogP contribution in [0.15, 0.2) is 18.6 Å². The number of hydrogen-bond donors (Lipinski definition) is 4. The number of carbonyl (C=O) groups excluding carboxylic acids is 2. The van der Waals surface area contributed by atoms with Crippen LogP contribution in [-0.2, 0) is 9.59 Å². The second kappa shape index (κ2) is 25.3. The molecule has 1 unspecified atom stereocenters. The Labute approximate surface area is 176 Å². The summed E-state index contributed by atoms with van der Waals surface area (Å²) in [6.45, 7) is 8.83. The number of nitrogens with zero attached hydrogens (tertiary/aromatic N) is 2. The van der Waals surface area contributed by atoms with Crippen LogP contribution in [0.1, 0.15) is 59.8 Å². The fourth-order valence-electron chi connectivity index (χ4n) is 2.50. The molecule has 29 heavy (non-hydrogen) atoms. The Morgan fingerprint density at radius 2 is 1.83 bits per heavy atom. The van der Waals surface area contributed by atoms with Gasteiger partial charge in [0.15, 0.2) is 0 Å². The van der Waals surface area contributed by atoms with Crippen molar-refractivity contribution in [2.24, 2.45) is 17.4 Å². The fourth-order valence-corrected chi connectivity index (χ4v) is 2.50. The highest BCUT2D eigenvalue weighted by Crippen LogP contribution is 2.27. The molecule has 1 aliphatic carbocycles. The topological polar surface area (TPSA) is 136 Å². The lowest BCUT2D eigenvalue weighted by Crippen LogP contribution is -2.28. The summed E-state index contributed by atoms with van der Waals surface area (Å²) in [5.41, 5.74) is 9.47. The van der Waals surface area contributed by atoms with E-state index in [2.05, 4.69) is 46.1 Å². The van der Waals surface area contributed by atoms with Gasteiger partial charge < -0.3 is 22.1 Å². The monoisotopic (exact) mass is 408 g/mol. The summed E-state index contributed by atoms with van der Waals surface area (Å²) in [7, 11) is 0. The first kappa shape index (κ1) is 31.0. The van der Waals surface area contributed by atoms with Gasteiger partial charge in [-0.3, -0.25) is 14.6 Å². The molecular formula is C21H40N6O2. The third kappa shape index (κ3) is 21.5. The predicted molar refractivity (Wildman–Crippen MR) is 121 cm³/mol. The molecule has 0 saturated heterocycles. The Morgan fingerprint density at radius 3 is 2.21 bits per heavy atom. The molecule has 2 rings (SSSR count). The molecule has 1 fully saturated rings. The Morgan fingerprint density at radius 1 is 1.28 bits per heavy atom. The van der Waals surface area contributed by atoms with E-state index in [9.17, 15) is 9.59 Å². The van der Waals surface area contributed by atoms with E-state index < -0.39 is 5.91 Å². The number of rotatable bonds is 6. The first-order valence-corrected chi connectivity index (χ1v) is 10.1. The van der Waals surface area contributed by atoms with Crippen molar-refractivity contribution in [2.45, 2.75) is 65.8 Å². The molecule has 0 aromatic carbocycles. The zero-order chi connectivity index (χ0) is 22.9. The van der Waals surface area contributed by atoms with Gasteiger partial charge in [-0.25, -0.2) is 4.98 Å². The van der Waals surface area contributed by atoms with Crippen LogP contribution >= 0.6 is 0 Å². The summed E-state index contributed by atoms with van der Waals surface area (Å²) >= 11 is 0. The van der Waals surface area contributed by atoms with Gasteiger partial charge in [-0.2, -0.15) is 0 Å². The molecule has 1 aromatic heterocycles. The molecule has 1 saturated carbocycles. The molecule has 6 N–H and O–H groups in total. The molecule has 166 valence electrons. The number of aromatic nitrogens is 2. The molecule has 0 bridgehead atoms. The fraction of sp³-hybridized carbons (Fsp3) is 0.619. The predicted octanol–water partition coefficient (Wildman–Crippen LogP) is 2.32. The highest BCUT2D eigenvalue weighted by Gasteiger charge is 2.19. The summed E-state index contributed by atoms with van der Waals surface area (Å²) < 4.78 is 0. The molecule has 1 aliphatic rings. The molecule has 8 nitrogen and oxygen atoms in total. The van der Waals surface area contributed by atoms with E-state index in [1.54, 1.807) is 18.6 Å². The third-order valence-corrected chi connectivity index (χ3v) is 3.66. The standard InChI is InChI=1S/C12H19N3.C3H6N2O2.C2H7N.C2H6.C2H2/c1-10(11-5-3-2-4-6-11)15-12-9-13-7-8-14-12;4-3(7)1-5-2-6;1-2-3;2*1-2/h7-11H,2-6H2,1H3,(H,14,15);2H,1H2,(H2,4,7)(H,5,6);2-3H2,1H3;1-2H3;1-2H. The lowest BCUT2D eigenvalue weighted by atomic mass is 9.84. The van der Waals surface area contributed by atoms with Crippen molar-refractivity contribution >= 4 is 18.1 Å². The van der Waals surface area contributed by atoms with Crippen LogP contribution in [0.4, 0.5) is 5.82 Å². The minimum Gasteiger partial charge on any atom is -0.368 e. The van der Waals surface area contributed by atoms with Crippen LogP contribution in [0.25, 0.3) is 0 Å². The molecule has 1 aromatic rings. The molecular weight excluding hydrogens is 368 g/mol. The second-order valence-corrected chi connectivity index (χ2v) is 5.80. The van der Waals surface area contributed by atoms with E-state index in [1.807, 2.05) is 20.8 Å². The van der Waals surface area contributed by atoms with E-state index in [0.717, 1.165) is 18.3 Å². The van der Waals surface area contributed by atoms with E-state index in [-0.39, 0.29) is 6.54 Å². The van der Waals surface area contributed by atoms with Gasteiger partial charge in [0.25, 0.3) is 0 Å². The van der Waals surface area contributed by atoms with Crippen molar-refractivity contribution in [3.05, 3.63) is 18.6 Å². The highest BCUT2D eigenvalue weighted by molar-refractivity contribution is 5.77. The van der Waals surface area contributed by atoms with E-state index >= 15 is 0 Å². The van der Waals surface area contributed by atoms with Crippen LogP contribution in [0.2, 0.25) is 0 Å². The summed E-state index contributed by atoms with van der Waals surface area (Å²) in [5, 5.41) is 5.53. The van der Waals surface area contributed by atoms with Gasteiger partial charge in [0.2, 0.25) is 12.3 Å². The van der Waals surface area contributed by atoms with Crippen LogP contribution in [0, 0.1) is 18.8 Å². The van der Waals surface area contributed by atoms with Crippen LogP contribution in [-0.4, -0.2) is 41.4 Å². The minimum atomic E-state index is -0.535. The van der Waals surface area contributed by atoms with Crippen molar-refractivity contribution in [2.75, 3.05) is 18.4 Å². The Bertz CT molecular complexity index is 490. The van der Waals surface area contributed by atoms with Crippen LogP contribution in [0.5, 0.6) is 0 Å².